The van der Waals surface area contributed by atoms with Gasteiger partial charge in [-0.15, -0.1) is 11.3 Å². The first-order valence-electron chi connectivity index (χ1n) is 9.22. The Morgan fingerprint density at radius 1 is 1.40 bits per heavy atom. The number of nitrogens with one attached hydrogen (secondary N) is 2. The Balaban J connectivity index is 1.63. The van der Waals surface area contributed by atoms with Crippen molar-refractivity contribution in [2.45, 2.75) is 51.6 Å². The number of rotatable bonds is 5. The molecule has 1 saturated carbocycles. The molecule has 1 aromatic heterocycles. The summed E-state index contributed by atoms with van der Waals surface area (Å²) in [7, 11) is -2.84. The van der Waals surface area contributed by atoms with Crippen molar-refractivity contribution in [2.75, 3.05) is 18.1 Å². The molecular weight excluding hydrogens is 354 g/mol. The van der Waals surface area contributed by atoms with Gasteiger partial charge in [-0.1, -0.05) is 13.0 Å². The maximum Gasteiger partial charge on any atom is 0.191 e. The second-order valence-electron chi connectivity index (χ2n) is 7.60. The lowest BCUT2D eigenvalue weighted by Crippen LogP contribution is -2.43. The summed E-state index contributed by atoms with van der Waals surface area (Å²) >= 11 is 1.73. The van der Waals surface area contributed by atoms with Gasteiger partial charge in [0.25, 0.3) is 0 Å². The first-order chi connectivity index (χ1) is 11.9. The van der Waals surface area contributed by atoms with Crippen LogP contribution < -0.4 is 10.6 Å². The molecule has 1 aliphatic heterocycles. The van der Waals surface area contributed by atoms with Crippen molar-refractivity contribution >= 4 is 27.1 Å². The highest BCUT2D eigenvalue weighted by Gasteiger charge is 2.28. The predicted molar refractivity (Wildman–Crippen MR) is 105 cm³/mol. The van der Waals surface area contributed by atoms with Gasteiger partial charge in [-0.3, -0.25) is 4.99 Å². The van der Waals surface area contributed by atoms with E-state index >= 15 is 0 Å². The number of hydrogen-bond donors (Lipinski definition) is 2. The van der Waals surface area contributed by atoms with Gasteiger partial charge in [0.2, 0.25) is 0 Å². The van der Waals surface area contributed by atoms with Crippen LogP contribution in [0.15, 0.2) is 22.5 Å². The van der Waals surface area contributed by atoms with Gasteiger partial charge in [0.05, 0.1) is 17.5 Å². The zero-order chi connectivity index (χ0) is 17.9. The first-order valence-corrected chi connectivity index (χ1v) is 11.9. The Morgan fingerprint density at radius 3 is 2.84 bits per heavy atom. The number of thiophene rings is 1. The lowest BCUT2D eigenvalue weighted by molar-refractivity contribution is 0.551. The molecular formula is C18H29N3O2S2. The molecule has 3 rings (SSSR count). The van der Waals surface area contributed by atoms with E-state index in [4.69, 9.17) is 4.99 Å². The summed E-state index contributed by atoms with van der Waals surface area (Å²) in [6, 6.07) is 4.84. The fraction of sp³-hybridized carbons (Fsp3) is 0.722. The second-order valence-corrected chi connectivity index (χ2v) is 10.8. The Labute approximate surface area is 155 Å². The number of guanidine groups is 1. The smallest absolute Gasteiger partial charge is 0.191 e. The lowest BCUT2D eigenvalue weighted by atomic mass is 10.1. The molecule has 1 aromatic rings. The van der Waals surface area contributed by atoms with Crippen molar-refractivity contribution in [3.63, 3.8) is 0 Å². The van der Waals surface area contributed by atoms with Crippen LogP contribution in [0, 0.1) is 11.8 Å². The van der Waals surface area contributed by atoms with Gasteiger partial charge in [-0.25, -0.2) is 8.42 Å². The van der Waals surface area contributed by atoms with Crippen LogP contribution >= 0.6 is 11.3 Å². The third kappa shape index (κ3) is 5.45. The molecule has 1 saturated heterocycles. The third-order valence-corrected chi connectivity index (χ3v) is 8.09. The van der Waals surface area contributed by atoms with Crippen LogP contribution in [0.1, 0.15) is 50.4 Å². The molecule has 2 aliphatic rings. The molecule has 25 heavy (non-hydrogen) atoms. The van der Waals surface area contributed by atoms with Gasteiger partial charge in [0.15, 0.2) is 15.8 Å². The first kappa shape index (κ1) is 18.7. The van der Waals surface area contributed by atoms with E-state index in [1.165, 1.54) is 24.1 Å². The fourth-order valence-corrected chi connectivity index (χ4v) is 6.30. The molecule has 4 atom stereocenters. The topological polar surface area (TPSA) is 70.6 Å². The molecule has 7 heteroatoms. The van der Waals surface area contributed by atoms with Gasteiger partial charge >= 0.3 is 0 Å². The minimum absolute atomic E-state index is 0.156. The molecule has 0 amide bonds. The Hall–Kier alpha value is -1.08. The normalized spacial score (nSPS) is 30.3. The second kappa shape index (κ2) is 8.08. The van der Waals surface area contributed by atoms with Crippen LogP contribution in [0.3, 0.4) is 0 Å². The van der Waals surface area contributed by atoms with Gasteiger partial charge in [-0.05, 0) is 55.9 Å². The van der Waals surface area contributed by atoms with E-state index in [-0.39, 0.29) is 17.7 Å². The number of nitrogens with zero attached hydrogens (tertiary/aromatic N) is 1. The largest absolute Gasteiger partial charge is 0.354 e. The zero-order valence-corrected chi connectivity index (χ0v) is 16.7. The third-order valence-electron chi connectivity index (χ3n) is 5.19. The average molecular weight is 384 g/mol. The van der Waals surface area contributed by atoms with Crippen molar-refractivity contribution in [2.24, 2.45) is 16.8 Å². The van der Waals surface area contributed by atoms with E-state index in [1.54, 1.807) is 11.3 Å². The van der Waals surface area contributed by atoms with Crippen LogP contribution in [0.4, 0.5) is 0 Å². The summed E-state index contributed by atoms with van der Waals surface area (Å²) in [5.41, 5.74) is 0. The van der Waals surface area contributed by atoms with E-state index in [9.17, 15) is 8.42 Å². The van der Waals surface area contributed by atoms with E-state index in [2.05, 4.69) is 42.0 Å². The highest BCUT2D eigenvalue weighted by molar-refractivity contribution is 7.91. The summed E-state index contributed by atoms with van der Waals surface area (Å²) in [6.07, 6.45) is 4.34. The van der Waals surface area contributed by atoms with E-state index in [0.29, 0.717) is 18.3 Å². The van der Waals surface area contributed by atoms with Gasteiger partial charge < -0.3 is 10.6 Å². The summed E-state index contributed by atoms with van der Waals surface area (Å²) in [5.74, 6) is 2.33. The average Bonchev–Trinajstić information content (AvgIpc) is 3.27. The number of aliphatic imine (C=N–C) groups is 1. The van der Waals surface area contributed by atoms with E-state index in [0.717, 1.165) is 18.3 Å². The van der Waals surface area contributed by atoms with Crippen molar-refractivity contribution in [1.82, 2.24) is 10.6 Å². The monoisotopic (exact) mass is 383 g/mol. The SMILES string of the molecule is CC1CCC(NC(=NCC2CCS(=O)(=O)C2)NC(C)c2cccs2)C1. The van der Waals surface area contributed by atoms with E-state index in [1.807, 2.05) is 0 Å². The van der Waals surface area contributed by atoms with Crippen LogP contribution in [0.2, 0.25) is 0 Å². The zero-order valence-electron chi connectivity index (χ0n) is 15.1. The lowest BCUT2D eigenvalue weighted by Gasteiger charge is -2.21. The van der Waals surface area contributed by atoms with Crippen LogP contribution in [0.25, 0.3) is 0 Å². The van der Waals surface area contributed by atoms with Crippen molar-refractivity contribution in [3.05, 3.63) is 22.4 Å². The maximum atomic E-state index is 11.7. The molecule has 0 aromatic carbocycles. The summed E-state index contributed by atoms with van der Waals surface area (Å²) < 4.78 is 23.3. The van der Waals surface area contributed by atoms with Crippen molar-refractivity contribution in [3.8, 4) is 0 Å². The van der Waals surface area contributed by atoms with Crippen molar-refractivity contribution in [1.29, 1.82) is 0 Å². The highest BCUT2D eigenvalue weighted by Crippen LogP contribution is 2.25. The molecule has 140 valence electrons. The van der Waals surface area contributed by atoms with Crippen LogP contribution in [-0.4, -0.2) is 38.5 Å². The summed E-state index contributed by atoms with van der Waals surface area (Å²) in [6.45, 7) is 5.01. The van der Waals surface area contributed by atoms with Gasteiger partial charge in [-0.2, -0.15) is 0 Å². The molecule has 0 bridgehead atoms. The number of hydrogen-bond acceptors (Lipinski definition) is 4. The molecule has 2 N–H and O–H groups in total. The molecule has 0 spiro atoms. The predicted octanol–water partition coefficient (Wildman–Crippen LogP) is 2.97. The fourth-order valence-electron chi connectivity index (χ4n) is 3.71. The molecule has 4 unspecified atom stereocenters. The van der Waals surface area contributed by atoms with Crippen LogP contribution in [-0.2, 0) is 9.84 Å². The van der Waals surface area contributed by atoms with Gasteiger partial charge in [0.1, 0.15) is 0 Å². The van der Waals surface area contributed by atoms with Crippen LogP contribution in [0.5, 0.6) is 0 Å². The number of sulfone groups is 1. The Morgan fingerprint density at radius 2 is 2.24 bits per heavy atom. The molecule has 2 fully saturated rings. The Kier molecular flexibility index (Phi) is 6.04. The Bertz CT molecular complexity index is 685. The molecule has 2 heterocycles. The quantitative estimate of drug-likeness (QED) is 0.606. The molecule has 0 radical (unpaired) electrons. The minimum atomic E-state index is -2.84. The van der Waals surface area contributed by atoms with E-state index < -0.39 is 9.84 Å². The maximum absolute atomic E-state index is 11.7. The minimum Gasteiger partial charge on any atom is -0.354 e. The summed E-state index contributed by atoms with van der Waals surface area (Å²) in [5, 5.41) is 9.17. The standard InChI is InChI=1S/C18H29N3O2S2/c1-13-5-6-16(10-13)21-18(20-14(2)17-4-3-8-24-17)19-11-15-7-9-25(22,23)12-15/h3-4,8,13-16H,5-7,9-12H2,1-2H3,(H2,19,20,21). The molecule has 5 nitrogen and oxygen atoms in total. The van der Waals surface area contributed by atoms with Gasteiger partial charge in [0, 0.05) is 17.5 Å². The summed E-state index contributed by atoms with van der Waals surface area (Å²) in [4.78, 5) is 6.02. The molecule has 1 aliphatic carbocycles. The highest BCUT2D eigenvalue weighted by atomic mass is 32.2. The van der Waals surface area contributed by atoms with Crippen molar-refractivity contribution < 1.29 is 8.42 Å².